The van der Waals surface area contributed by atoms with E-state index in [2.05, 4.69) is 45.7 Å². The Morgan fingerprint density at radius 1 is 1.24 bits per heavy atom. The normalized spacial score (nSPS) is 11.7. The zero-order valence-electron chi connectivity index (χ0n) is 13.2. The van der Waals surface area contributed by atoms with Gasteiger partial charge in [0.1, 0.15) is 0 Å². The van der Waals surface area contributed by atoms with Crippen molar-refractivity contribution < 1.29 is 0 Å². The molecule has 0 atom stereocenters. The van der Waals surface area contributed by atoms with Crippen molar-refractivity contribution in [1.29, 1.82) is 5.41 Å². The fourth-order valence-corrected chi connectivity index (χ4v) is 3.37. The summed E-state index contributed by atoms with van der Waals surface area (Å²) in [5, 5.41) is 10.8. The third-order valence-corrected chi connectivity index (χ3v) is 5.41. The molecule has 1 heterocycles. The van der Waals surface area contributed by atoms with Gasteiger partial charge in [-0.1, -0.05) is 64.6 Å². The molecule has 0 spiro atoms. The molecule has 1 aromatic heterocycles. The Hall–Kier alpha value is -1.67. The molecule has 0 aliphatic rings. The summed E-state index contributed by atoms with van der Waals surface area (Å²) in [6.07, 6.45) is 1.82. The highest BCUT2D eigenvalue weighted by Gasteiger charge is 2.29. The van der Waals surface area contributed by atoms with Gasteiger partial charge in [-0.15, -0.1) is 11.3 Å². The standard InChI is InChI=1S/C19H23NS/c1-6-14-9-7-8-10-15(14)17(20)18-16(11-12-21-18)19(4,5)13(2)3/h6-13,20H,1H2,2-5H3. The third kappa shape index (κ3) is 2.86. The van der Waals surface area contributed by atoms with Crippen molar-refractivity contribution in [3.63, 3.8) is 0 Å². The topological polar surface area (TPSA) is 23.9 Å². The van der Waals surface area contributed by atoms with Crippen molar-refractivity contribution in [2.24, 2.45) is 5.92 Å². The van der Waals surface area contributed by atoms with Crippen molar-refractivity contribution in [1.82, 2.24) is 0 Å². The zero-order chi connectivity index (χ0) is 15.6. The van der Waals surface area contributed by atoms with Gasteiger partial charge in [0, 0.05) is 5.56 Å². The highest BCUT2D eigenvalue weighted by Crippen LogP contribution is 2.37. The maximum absolute atomic E-state index is 8.66. The predicted octanol–water partition coefficient (Wildman–Crippen LogP) is 5.74. The summed E-state index contributed by atoms with van der Waals surface area (Å²) in [4.78, 5) is 1.07. The molecule has 0 bridgehead atoms. The minimum absolute atomic E-state index is 0.0603. The predicted molar refractivity (Wildman–Crippen MR) is 94.6 cm³/mol. The average molecular weight is 297 g/mol. The fourth-order valence-electron chi connectivity index (χ4n) is 2.35. The Balaban J connectivity index is 2.52. The Kier molecular flexibility index (Phi) is 4.48. The molecule has 1 aromatic carbocycles. The lowest BCUT2D eigenvalue weighted by Crippen LogP contribution is -2.26. The van der Waals surface area contributed by atoms with Crippen LogP contribution in [0.3, 0.4) is 0 Å². The van der Waals surface area contributed by atoms with Crippen molar-refractivity contribution in [3.8, 4) is 0 Å². The number of thiophene rings is 1. The van der Waals surface area contributed by atoms with Crippen LogP contribution in [0.25, 0.3) is 6.08 Å². The summed E-state index contributed by atoms with van der Waals surface area (Å²) in [6.45, 7) is 12.9. The molecular formula is C19H23NS. The number of nitrogens with one attached hydrogen (secondary N) is 1. The van der Waals surface area contributed by atoms with E-state index in [9.17, 15) is 0 Å². The van der Waals surface area contributed by atoms with E-state index in [1.807, 2.05) is 30.3 Å². The average Bonchev–Trinajstić information content (AvgIpc) is 2.96. The lowest BCUT2D eigenvalue weighted by Gasteiger charge is -2.30. The van der Waals surface area contributed by atoms with Gasteiger partial charge >= 0.3 is 0 Å². The van der Waals surface area contributed by atoms with Crippen molar-refractivity contribution in [2.75, 3.05) is 0 Å². The van der Waals surface area contributed by atoms with Crippen LogP contribution in [-0.2, 0) is 5.41 Å². The van der Waals surface area contributed by atoms with Gasteiger partial charge in [0.2, 0.25) is 0 Å². The molecule has 0 unspecified atom stereocenters. The SMILES string of the molecule is C=Cc1ccccc1C(=N)c1sccc1C(C)(C)C(C)C. The minimum atomic E-state index is 0.0603. The Morgan fingerprint density at radius 3 is 2.52 bits per heavy atom. The highest BCUT2D eigenvalue weighted by atomic mass is 32.1. The number of hydrogen-bond acceptors (Lipinski definition) is 2. The summed E-state index contributed by atoms with van der Waals surface area (Å²) in [7, 11) is 0. The van der Waals surface area contributed by atoms with Crippen LogP contribution in [0.2, 0.25) is 0 Å². The van der Waals surface area contributed by atoms with Crippen LogP contribution < -0.4 is 0 Å². The molecule has 0 radical (unpaired) electrons. The van der Waals surface area contributed by atoms with Crippen molar-refractivity contribution >= 4 is 23.1 Å². The van der Waals surface area contributed by atoms with E-state index in [0.717, 1.165) is 16.0 Å². The first kappa shape index (κ1) is 15.7. The molecule has 0 amide bonds. The van der Waals surface area contributed by atoms with Gasteiger partial charge in [0.25, 0.3) is 0 Å². The van der Waals surface area contributed by atoms with Gasteiger partial charge in [-0.3, -0.25) is 5.41 Å². The Labute approximate surface area is 131 Å². The van der Waals surface area contributed by atoms with Gasteiger partial charge in [0.15, 0.2) is 0 Å². The van der Waals surface area contributed by atoms with Gasteiger partial charge in [-0.25, -0.2) is 0 Å². The third-order valence-electron chi connectivity index (χ3n) is 4.48. The second kappa shape index (κ2) is 5.98. The van der Waals surface area contributed by atoms with E-state index in [0.29, 0.717) is 11.6 Å². The molecule has 110 valence electrons. The molecule has 0 saturated heterocycles. The summed E-state index contributed by atoms with van der Waals surface area (Å²) in [5.74, 6) is 0.522. The van der Waals surface area contributed by atoms with E-state index in [-0.39, 0.29) is 5.41 Å². The molecule has 0 aliphatic carbocycles. The molecule has 0 saturated carbocycles. The van der Waals surface area contributed by atoms with Gasteiger partial charge in [-0.05, 0) is 33.9 Å². The lowest BCUT2D eigenvalue weighted by atomic mass is 9.74. The Bertz CT molecular complexity index is 662. The first-order valence-electron chi connectivity index (χ1n) is 7.28. The quantitative estimate of drug-likeness (QED) is 0.680. The first-order valence-corrected chi connectivity index (χ1v) is 8.16. The van der Waals surface area contributed by atoms with Crippen molar-refractivity contribution in [3.05, 3.63) is 63.9 Å². The van der Waals surface area contributed by atoms with E-state index in [1.165, 1.54) is 5.56 Å². The Morgan fingerprint density at radius 2 is 1.90 bits per heavy atom. The molecule has 2 heteroatoms. The van der Waals surface area contributed by atoms with E-state index in [1.54, 1.807) is 11.3 Å². The largest absolute Gasteiger partial charge is 0.299 e. The molecule has 0 aliphatic heterocycles. The first-order chi connectivity index (χ1) is 9.89. The van der Waals surface area contributed by atoms with Crippen LogP contribution in [0, 0.1) is 11.3 Å². The van der Waals surface area contributed by atoms with Crippen LogP contribution in [0.1, 0.15) is 49.3 Å². The van der Waals surface area contributed by atoms with Crippen LogP contribution in [0.4, 0.5) is 0 Å². The molecule has 1 N–H and O–H groups in total. The van der Waals surface area contributed by atoms with Crippen LogP contribution in [0.5, 0.6) is 0 Å². The van der Waals surface area contributed by atoms with Gasteiger partial charge in [-0.2, -0.15) is 0 Å². The number of rotatable bonds is 5. The van der Waals surface area contributed by atoms with Crippen LogP contribution in [0.15, 0.2) is 42.3 Å². The van der Waals surface area contributed by atoms with E-state index in [4.69, 9.17) is 5.41 Å². The fraction of sp³-hybridized carbons (Fsp3) is 0.316. The van der Waals surface area contributed by atoms with Gasteiger partial charge in [0.05, 0.1) is 10.6 Å². The number of benzene rings is 1. The second-order valence-corrected chi connectivity index (χ2v) is 7.12. The van der Waals surface area contributed by atoms with Crippen molar-refractivity contribution in [2.45, 2.75) is 33.1 Å². The highest BCUT2D eigenvalue weighted by molar-refractivity contribution is 7.12. The lowest BCUT2D eigenvalue weighted by molar-refractivity contribution is 0.373. The molecule has 2 rings (SSSR count). The summed E-state index contributed by atoms with van der Waals surface area (Å²) < 4.78 is 0. The zero-order valence-corrected chi connectivity index (χ0v) is 14.1. The van der Waals surface area contributed by atoms with Crippen LogP contribution >= 0.6 is 11.3 Å². The maximum Gasteiger partial charge on any atom is 0.0793 e. The smallest absolute Gasteiger partial charge is 0.0793 e. The maximum atomic E-state index is 8.66. The van der Waals surface area contributed by atoms with Gasteiger partial charge < -0.3 is 0 Å². The molecule has 0 fully saturated rings. The summed E-state index contributed by atoms with van der Waals surface area (Å²) in [6, 6.07) is 10.2. The monoisotopic (exact) mass is 297 g/mol. The molecular weight excluding hydrogens is 274 g/mol. The molecule has 1 nitrogen and oxygen atoms in total. The summed E-state index contributed by atoms with van der Waals surface area (Å²) >= 11 is 1.66. The van der Waals surface area contributed by atoms with E-state index >= 15 is 0 Å². The molecule has 2 aromatic rings. The summed E-state index contributed by atoms with van der Waals surface area (Å²) in [5.41, 5.74) is 3.90. The van der Waals surface area contributed by atoms with Crippen LogP contribution in [-0.4, -0.2) is 5.71 Å². The minimum Gasteiger partial charge on any atom is -0.299 e. The molecule has 21 heavy (non-hydrogen) atoms. The van der Waals surface area contributed by atoms with E-state index < -0.39 is 0 Å². The number of hydrogen-bond donors (Lipinski definition) is 1. The second-order valence-electron chi connectivity index (χ2n) is 6.21.